The van der Waals surface area contributed by atoms with Crippen molar-refractivity contribution >= 4 is 29.4 Å². The molecule has 6 rings (SSSR count). The number of piperazine rings is 1. The Morgan fingerprint density at radius 3 is 2.70 bits per heavy atom. The van der Waals surface area contributed by atoms with Crippen molar-refractivity contribution in [3.05, 3.63) is 76.9 Å². The van der Waals surface area contributed by atoms with Crippen LogP contribution in [0, 0.1) is 16.7 Å². The lowest BCUT2D eigenvalue weighted by molar-refractivity contribution is -0.00877. The molecule has 3 fully saturated rings. The van der Waals surface area contributed by atoms with Crippen LogP contribution in [0.15, 0.2) is 65.8 Å². The highest BCUT2D eigenvalue weighted by Crippen LogP contribution is 2.36. The summed E-state index contributed by atoms with van der Waals surface area (Å²) >= 11 is 1.80. The number of nitriles is 1. The van der Waals surface area contributed by atoms with Gasteiger partial charge in [0, 0.05) is 73.7 Å². The second kappa shape index (κ2) is 11.2. The lowest BCUT2D eigenvalue weighted by Crippen LogP contribution is -2.68. The van der Waals surface area contributed by atoms with Crippen molar-refractivity contribution in [2.24, 2.45) is 0 Å². The summed E-state index contributed by atoms with van der Waals surface area (Å²) in [6, 6.07) is 11.3. The molecule has 6 heterocycles. The molecule has 4 aliphatic rings. The van der Waals surface area contributed by atoms with Gasteiger partial charge in [0.05, 0.1) is 18.4 Å². The summed E-state index contributed by atoms with van der Waals surface area (Å²) in [5, 5.41) is 20.5. The number of dihydropyridines is 1. The molecule has 2 atom stereocenters. The van der Waals surface area contributed by atoms with Crippen LogP contribution in [0.25, 0.3) is 5.57 Å². The summed E-state index contributed by atoms with van der Waals surface area (Å²) in [5.74, 6) is 2.64. The third-order valence-electron chi connectivity index (χ3n) is 7.23. The van der Waals surface area contributed by atoms with Crippen molar-refractivity contribution in [2.75, 3.05) is 37.1 Å². The topological polar surface area (TPSA) is 101 Å². The Hall–Kier alpha value is -3.61. The van der Waals surface area contributed by atoms with Crippen LogP contribution in [0.4, 0.5) is 5.82 Å². The van der Waals surface area contributed by atoms with E-state index in [4.69, 9.17) is 15.1 Å². The minimum Gasteiger partial charge on any atom is -0.481 e. The molecule has 0 spiro atoms. The molecule has 2 N–H and O–H groups in total. The van der Waals surface area contributed by atoms with Crippen LogP contribution in [-0.4, -0.2) is 65.4 Å². The normalized spacial score (nSPS) is 22.1. The van der Waals surface area contributed by atoms with Gasteiger partial charge >= 0.3 is 0 Å². The Kier molecular flexibility index (Phi) is 7.58. The number of fused-ring (bicyclic) bond motifs is 2. The van der Waals surface area contributed by atoms with Gasteiger partial charge in [-0.3, -0.25) is 4.90 Å². The maximum Gasteiger partial charge on any atom is 0.212 e. The molecule has 0 aromatic carbocycles. The number of methoxy groups -OCH3 is 1. The van der Waals surface area contributed by atoms with Crippen molar-refractivity contribution in [2.45, 2.75) is 31.5 Å². The summed E-state index contributed by atoms with van der Waals surface area (Å²) < 4.78 is 5.17. The third-order valence-corrected chi connectivity index (χ3v) is 7.84. The first-order valence-electron chi connectivity index (χ1n) is 12.4. The first-order chi connectivity index (χ1) is 18.1. The summed E-state index contributed by atoms with van der Waals surface area (Å²) in [6.07, 6.45) is 13.2. The molecule has 0 radical (unpaired) electrons. The van der Waals surface area contributed by atoms with Gasteiger partial charge in [-0.05, 0) is 54.2 Å². The number of pyridine rings is 2. The van der Waals surface area contributed by atoms with E-state index in [2.05, 4.69) is 56.7 Å². The van der Waals surface area contributed by atoms with E-state index in [0.717, 1.165) is 55.0 Å². The van der Waals surface area contributed by atoms with Crippen LogP contribution in [0.1, 0.15) is 24.0 Å². The fourth-order valence-corrected chi connectivity index (χ4v) is 5.66. The lowest BCUT2D eigenvalue weighted by Gasteiger charge is -2.56. The van der Waals surface area contributed by atoms with Crippen LogP contribution < -0.4 is 15.0 Å². The number of aromatic nitrogens is 2. The number of nitrogens with one attached hydrogen (secondary N) is 2. The standard InChI is InChI=1S/C28H31N7OS/c1-36-27-6-3-20(14-32-27)16-35-23-10-24(35)18-34(17-23)26-5-4-21(15-31-26)25-9-19(7-8-37-2)13-33-28(25)22(11-29)12-30/h3-6,9,11,13-15,23-24,29,33H,7-8,10,16-18H2,1-2H3/b28-22+,29-11?. The Morgan fingerprint density at radius 1 is 1.24 bits per heavy atom. The van der Waals surface area contributed by atoms with E-state index >= 15 is 0 Å². The minimum atomic E-state index is 0.304. The number of hydrogen-bond donors (Lipinski definition) is 2. The van der Waals surface area contributed by atoms with E-state index in [1.165, 1.54) is 17.6 Å². The molecule has 2 aromatic rings. The van der Waals surface area contributed by atoms with Crippen molar-refractivity contribution in [3.8, 4) is 11.9 Å². The number of allylic oxidation sites excluding steroid dienone is 4. The Labute approximate surface area is 222 Å². The molecule has 2 aromatic heterocycles. The molecule has 0 amide bonds. The number of thioether (sulfide) groups is 1. The average molecular weight is 514 g/mol. The quantitative estimate of drug-likeness (QED) is 0.383. The van der Waals surface area contributed by atoms with Gasteiger partial charge in [0.25, 0.3) is 0 Å². The fourth-order valence-electron chi connectivity index (χ4n) is 5.22. The van der Waals surface area contributed by atoms with Gasteiger partial charge in [0.1, 0.15) is 11.9 Å². The summed E-state index contributed by atoms with van der Waals surface area (Å²) in [4.78, 5) is 14.1. The van der Waals surface area contributed by atoms with Crippen LogP contribution in [0.5, 0.6) is 5.88 Å². The molecule has 2 unspecified atom stereocenters. The molecule has 8 nitrogen and oxygen atoms in total. The van der Waals surface area contributed by atoms with E-state index in [1.807, 2.05) is 24.7 Å². The Morgan fingerprint density at radius 2 is 2.08 bits per heavy atom. The summed E-state index contributed by atoms with van der Waals surface area (Å²) in [6.45, 7) is 2.81. The van der Waals surface area contributed by atoms with E-state index in [-0.39, 0.29) is 0 Å². The predicted molar refractivity (Wildman–Crippen MR) is 149 cm³/mol. The summed E-state index contributed by atoms with van der Waals surface area (Å²) in [5.41, 5.74) is 5.17. The molecular weight excluding hydrogens is 482 g/mol. The zero-order chi connectivity index (χ0) is 25.8. The van der Waals surface area contributed by atoms with Gasteiger partial charge in [0.15, 0.2) is 0 Å². The number of nitrogens with zero attached hydrogens (tertiary/aromatic N) is 5. The SMILES string of the molecule is COc1ccc(CN2C3CC2CN(c2ccc(C4=CC(CCSC)=CN/C4=C(/C#N)C=N)cn2)C3)cn1. The van der Waals surface area contributed by atoms with Crippen molar-refractivity contribution in [1.82, 2.24) is 20.2 Å². The van der Waals surface area contributed by atoms with Crippen molar-refractivity contribution < 1.29 is 4.74 Å². The minimum absolute atomic E-state index is 0.304. The number of piperidine rings is 1. The predicted octanol–water partition coefficient (Wildman–Crippen LogP) is 4.00. The molecule has 190 valence electrons. The third kappa shape index (κ3) is 5.26. The second-order valence-electron chi connectivity index (χ2n) is 9.44. The highest BCUT2D eigenvalue weighted by molar-refractivity contribution is 7.98. The lowest BCUT2D eigenvalue weighted by atomic mass is 9.87. The van der Waals surface area contributed by atoms with Crippen molar-refractivity contribution in [3.63, 3.8) is 0 Å². The number of anilines is 1. The average Bonchev–Trinajstić information content (AvgIpc) is 2.96. The highest BCUT2D eigenvalue weighted by atomic mass is 32.2. The molecule has 0 saturated carbocycles. The largest absolute Gasteiger partial charge is 0.481 e. The van der Waals surface area contributed by atoms with Gasteiger partial charge in [-0.2, -0.15) is 17.0 Å². The first kappa shape index (κ1) is 25.1. The maximum atomic E-state index is 9.55. The van der Waals surface area contributed by atoms with Crippen LogP contribution in [0.3, 0.4) is 0 Å². The highest BCUT2D eigenvalue weighted by Gasteiger charge is 2.44. The van der Waals surface area contributed by atoms with E-state index in [9.17, 15) is 5.26 Å². The molecule has 4 aliphatic heterocycles. The molecule has 9 heteroatoms. The molecule has 3 saturated heterocycles. The van der Waals surface area contributed by atoms with Gasteiger partial charge in [0.2, 0.25) is 5.88 Å². The zero-order valence-electron chi connectivity index (χ0n) is 21.1. The van der Waals surface area contributed by atoms with Gasteiger partial charge in [-0.25, -0.2) is 9.97 Å². The fraction of sp³-hybridized carbons (Fsp3) is 0.357. The number of rotatable bonds is 9. The second-order valence-corrected chi connectivity index (χ2v) is 10.4. The monoisotopic (exact) mass is 513 g/mol. The molecule has 37 heavy (non-hydrogen) atoms. The Balaban J connectivity index is 1.29. The smallest absolute Gasteiger partial charge is 0.212 e. The van der Waals surface area contributed by atoms with E-state index < -0.39 is 0 Å². The zero-order valence-corrected chi connectivity index (χ0v) is 22.0. The maximum absolute atomic E-state index is 9.55. The van der Waals surface area contributed by atoms with Gasteiger partial charge in [-0.1, -0.05) is 6.07 Å². The number of ether oxygens (including phenoxy) is 1. The first-order valence-corrected chi connectivity index (χ1v) is 13.8. The summed E-state index contributed by atoms with van der Waals surface area (Å²) in [7, 11) is 1.64. The van der Waals surface area contributed by atoms with Crippen LogP contribution in [-0.2, 0) is 6.54 Å². The molecule has 0 aliphatic carbocycles. The van der Waals surface area contributed by atoms with Crippen molar-refractivity contribution in [1.29, 1.82) is 10.7 Å². The molecular formula is C28H31N7OS. The van der Waals surface area contributed by atoms with Crippen LogP contribution in [0.2, 0.25) is 0 Å². The van der Waals surface area contributed by atoms with Gasteiger partial charge in [-0.15, -0.1) is 0 Å². The molecule has 2 bridgehead atoms. The van der Waals surface area contributed by atoms with Gasteiger partial charge < -0.3 is 20.4 Å². The van der Waals surface area contributed by atoms with Crippen LogP contribution >= 0.6 is 11.8 Å². The van der Waals surface area contributed by atoms with E-state index in [0.29, 0.717) is 29.2 Å². The van der Waals surface area contributed by atoms with E-state index in [1.54, 1.807) is 18.9 Å². The number of hydrogen-bond acceptors (Lipinski definition) is 9. The Bertz CT molecular complexity index is 1270.